The van der Waals surface area contributed by atoms with Crippen LogP contribution in [0.15, 0.2) is 36.5 Å². The first-order valence-electron chi connectivity index (χ1n) is 9.00. The van der Waals surface area contributed by atoms with Gasteiger partial charge in [0.15, 0.2) is 24.5 Å². The maximum atomic E-state index is 11.8. The Morgan fingerprint density at radius 1 is 0.857 bits per heavy atom. The Morgan fingerprint density at radius 3 is 2.07 bits per heavy atom. The summed E-state index contributed by atoms with van der Waals surface area (Å²) < 4.78 is 24.2. The van der Waals surface area contributed by atoms with Crippen molar-refractivity contribution in [3.05, 3.63) is 36.5 Å². The molecule has 1 aliphatic rings. The molecule has 28 heavy (non-hydrogen) atoms. The van der Waals surface area contributed by atoms with Crippen LogP contribution in [-0.2, 0) is 33.3 Å². The molecule has 5 atom stereocenters. The standard InChI is InChI=1S/C20H23NO7/c1-11-17(26-12(2)22)18(27-13(3)23)19(28-14(4)24)20(25-11)21-10-9-15-7-5-6-8-16(15)21/h5-11,17-20H,1-4H3/t11-,17+,18+,19-,20-/m0/s1. The molecular weight excluding hydrogens is 366 g/mol. The third-order valence-electron chi connectivity index (χ3n) is 4.56. The van der Waals surface area contributed by atoms with Gasteiger partial charge in [0.2, 0.25) is 0 Å². The molecular formula is C20H23NO7. The quantitative estimate of drug-likeness (QED) is 0.585. The van der Waals surface area contributed by atoms with E-state index in [9.17, 15) is 14.4 Å². The van der Waals surface area contributed by atoms with Gasteiger partial charge < -0.3 is 23.5 Å². The highest BCUT2D eigenvalue weighted by atomic mass is 16.7. The number of aromatic nitrogens is 1. The zero-order valence-corrected chi connectivity index (χ0v) is 16.2. The second-order valence-corrected chi connectivity index (χ2v) is 6.74. The minimum Gasteiger partial charge on any atom is -0.456 e. The highest BCUT2D eigenvalue weighted by molar-refractivity contribution is 5.80. The summed E-state index contributed by atoms with van der Waals surface area (Å²) in [6.45, 7) is 5.47. The number of hydrogen-bond donors (Lipinski definition) is 0. The smallest absolute Gasteiger partial charge is 0.303 e. The van der Waals surface area contributed by atoms with Crippen LogP contribution in [0.25, 0.3) is 10.9 Å². The fourth-order valence-electron chi connectivity index (χ4n) is 3.54. The fraction of sp³-hybridized carbons (Fsp3) is 0.450. The molecule has 2 heterocycles. The Morgan fingerprint density at radius 2 is 1.43 bits per heavy atom. The Balaban J connectivity index is 2.06. The topological polar surface area (TPSA) is 93.1 Å². The van der Waals surface area contributed by atoms with Crippen molar-refractivity contribution < 1.29 is 33.3 Å². The van der Waals surface area contributed by atoms with Gasteiger partial charge >= 0.3 is 17.9 Å². The number of benzene rings is 1. The summed E-state index contributed by atoms with van der Waals surface area (Å²) in [5.74, 6) is -1.70. The number of ether oxygens (including phenoxy) is 4. The van der Waals surface area contributed by atoms with E-state index in [1.807, 2.05) is 41.1 Å². The third-order valence-corrected chi connectivity index (χ3v) is 4.56. The van der Waals surface area contributed by atoms with Gasteiger partial charge in [-0.15, -0.1) is 0 Å². The molecule has 0 unspecified atom stereocenters. The van der Waals surface area contributed by atoms with Crippen LogP contribution in [0.3, 0.4) is 0 Å². The van der Waals surface area contributed by atoms with Crippen LogP contribution in [-0.4, -0.2) is 46.9 Å². The van der Waals surface area contributed by atoms with E-state index in [1.54, 1.807) is 6.92 Å². The first-order chi connectivity index (χ1) is 13.3. The molecule has 0 amide bonds. The number of fused-ring (bicyclic) bond motifs is 1. The van der Waals surface area contributed by atoms with E-state index in [-0.39, 0.29) is 0 Å². The molecule has 0 spiro atoms. The third kappa shape index (κ3) is 4.01. The van der Waals surface area contributed by atoms with E-state index in [0.717, 1.165) is 10.9 Å². The predicted molar refractivity (Wildman–Crippen MR) is 98.2 cm³/mol. The van der Waals surface area contributed by atoms with Crippen molar-refractivity contribution in [1.82, 2.24) is 4.57 Å². The lowest BCUT2D eigenvalue weighted by Gasteiger charge is -2.44. The summed E-state index contributed by atoms with van der Waals surface area (Å²) in [4.78, 5) is 35.1. The van der Waals surface area contributed by atoms with E-state index >= 15 is 0 Å². The van der Waals surface area contributed by atoms with Gasteiger partial charge in [-0.2, -0.15) is 0 Å². The molecule has 0 N–H and O–H groups in total. The van der Waals surface area contributed by atoms with Gasteiger partial charge in [-0.3, -0.25) is 14.4 Å². The van der Waals surface area contributed by atoms with Gasteiger partial charge in [0.1, 0.15) is 0 Å². The molecule has 0 aliphatic carbocycles. The summed E-state index contributed by atoms with van der Waals surface area (Å²) in [6, 6.07) is 9.57. The molecule has 1 aromatic carbocycles. The van der Waals surface area contributed by atoms with E-state index in [2.05, 4.69) is 0 Å². The molecule has 0 saturated carbocycles. The molecule has 0 radical (unpaired) electrons. The molecule has 1 aromatic heterocycles. The fourth-order valence-corrected chi connectivity index (χ4v) is 3.54. The van der Waals surface area contributed by atoms with Gasteiger partial charge in [-0.1, -0.05) is 18.2 Å². The first-order valence-corrected chi connectivity index (χ1v) is 9.00. The summed E-state index contributed by atoms with van der Waals surface area (Å²) in [5, 5.41) is 0.978. The van der Waals surface area contributed by atoms with Crippen molar-refractivity contribution in [3.8, 4) is 0 Å². The Kier molecular flexibility index (Phi) is 5.69. The monoisotopic (exact) mass is 389 g/mol. The molecule has 150 valence electrons. The van der Waals surface area contributed by atoms with Crippen molar-refractivity contribution in [2.24, 2.45) is 0 Å². The van der Waals surface area contributed by atoms with Crippen LogP contribution in [0.5, 0.6) is 0 Å². The second kappa shape index (κ2) is 8.02. The van der Waals surface area contributed by atoms with Crippen molar-refractivity contribution in [1.29, 1.82) is 0 Å². The molecule has 3 rings (SSSR count). The summed E-state index contributed by atoms with van der Waals surface area (Å²) in [6.07, 6.45) is -2.49. The molecule has 1 saturated heterocycles. The van der Waals surface area contributed by atoms with Crippen LogP contribution in [0, 0.1) is 0 Å². The minimum absolute atomic E-state index is 0.552. The van der Waals surface area contributed by atoms with Gasteiger partial charge in [-0.05, 0) is 24.4 Å². The average molecular weight is 389 g/mol. The highest BCUT2D eigenvalue weighted by Crippen LogP contribution is 2.36. The largest absolute Gasteiger partial charge is 0.456 e. The van der Waals surface area contributed by atoms with E-state index in [0.29, 0.717) is 0 Å². The van der Waals surface area contributed by atoms with Gasteiger partial charge in [0.25, 0.3) is 0 Å². The lowest BCUT2D eigenvalue weighted by atomic mass is 9.97. The van der Waals surface area contributed by atoms with Crippen LogP contribution < -0.4 is 0 Å². The number of carbonyl (C=O) groups excluding carboxylic acids is 3. The molecule has 1 aliphatic heterocycles. The molecule has 2 aromatic rings. The van der Waals surface area contributed by atoms with Crippen molar-refractivity contribution >= 4 is 28.8 Å². The summed E-state index contributed by atoms with van der Waals surface area (Å²) >= 11 is 0. The molecule has 8 nitrogen and oxygen atoms in total. The molecule has 8 heteroatoms. The Bertz CT molecular complexity index is 890. The predicted octanol–water partition coefficient (Wildman–Crippen LogP) is 2.35. The van der Waals surface area contributed by atoms with Crippen LogP contribution >= 0.6 is 0 Å². The lowest BCUT2D eigenvalue weighted by molar-refractivity contribution is -0.258. The SMILES string of the molecule is CC(=O)O[C@@H]1[C@H](OC(C)=O)[C@H](C)O[C@H](n2ccc3ccccc32)[C@H]1OC(C)=O. The second-order valence-electron chi connectivity index (χ2n) is 6.74. The van der Waals surface area contributed by atoms with E-state index < -0.39 is 48.6 Å². The van der Waals surface area contributed by atoms with E-state index in [1.165, 1.54) is 20.8 Å². The average Bonchev–Trinajstić information content (AvgIpc) is 3.03. The van der Waals surface area contributed by atoms with Crippen molar-refractivity contribution in [2.45, 2.75) is 58.3 Å². The zero-order chi connectivity index (χ0) is 20.4. The van der Waals surface area contributed by atoms with Crippen LogP contribution in [0.4, 0.5) is 0 Å². The maximum Gasteiger partial charge on any atom is 0.303 e. The van der Waals surface area contributed by atoms with Gasteiger partial charge in [-0.25, -0.2) is 0 Å². The number of hydrogen-bond acceptors (Lipinski definition) is 7. The van der Waals surface area contributed by atoms with E-state index in [4.69, 9.17) is 18.9 Å². The normalized spacial score (nSPS) is 27.2. The summed E-state index contributed by atoms with van der Waals surface area (Å²) in [7, 11) is 0. The number of rotatable bonds is 4. The lowest BCUT2D eigenvalue weighted by Crippen LogP contribution is -2.58. The number of esters is 3. The number of nitrogens with zero attached hydrogens (tertiary/aromatic N) is 1. The van der Waals surface area contributed by atoms with Crippen molar-refractivity contribution in [3.63, 3.8) is 0 Å². The Hall–Kier alpha value is -2.87. The summed E-state index contributed by atoms with van der Waals surface area (Å²) in [5.41, 5.74) is 0.865. The molecule has 0 bridgehead atoms. The van der Waals surface area contributed by atoms with Crippen LogP contribution in [0.1, 0.15) is 33.9 Å². The minimum atomic E-state index is -1.01. The molecule has 1 fully saturated rings. The van der Waals surface area contributed by atoms with Crippen molar-refractivity contribution in [2.75, 3.05) is 0 Å². The first kappa shape index (κ1) is 19.9. The van der Waals surface area contributed by atoms with Crippen LogP contribution in [0.2, 0.25) is 0 Å². The zero-order valence-electron chi connectivity index (χ0n) is 16.2. The van der Waals surface area contributed by atoms with Gasteiger partial charge in [0, 0.05) is 27.0 Å². The highest BCUT2D eigenvalue weighted by Gasteiger charge is 2.51. The maximum absolute atomic E-state index is 11.8. The number of carbonyl (C=O) groups is 3. The number of para-hydroxylation sites is 1. The Labute approximate surface area is 162 Å². The van der Waals surface area contributed by atoms with Gasteiger partial charge in [0.05, 0.1) is 11.6 Å².